The van der Waals surface area contributed by atoms with Crippen LogP contribution in [0.4, 0.5) is 10.2 Å². The molecule has 0 aliphatic rings. The predicted octanol–water partition coefficient (Wildman–Crippen LogP) is 4.23. The van der Waals surface area contributed by atoms with Crippen LogP contribution in [0.1, 0.15) is 16.1 Å². The number of anilines is 1. The number of benzene rings is 2. The molecule has 0 spiro atoms. The molecule has 0 saturated heterocycles. The summed E-state index contributed by atoms with van der Waals surface area (Å²) in [7, 11) is 1.42. The minimum absolute atomic E-state index is 0.101. The van der Waals surface area contributed by atoms with Crippen molar-refractivity contribution in [3.8, 4) is 11.4 Å². The van der Waals surface area contributed by atoms with Gasteiger partial charge in [0.25, 0.3) is 5.91 Å². The quantitative estimate of drug-likeness (QED) is 0.758. The number of methoxy groups -OCH3 is 1. The van der Waals surface area contributed by atoms with Gasteiger partial charge in [-0.25, -0.2) is 9.07 Å². The van der Waals surface area contributed by atoms with Gasteiger partial charge >= 0.3 is 0 Å². The van der Waals surface area contributed by atoms with Crippen molar-refractivity contribution in [3.05, 3.63) is 70.6 Å². The maximum atomic E-state index is 13.5. The van der Waals surface area contributed by atoms with Crippen LogP contribution in [0, 0.1) is 12.7 Å². The largest absolute Gasteiger partial charge is 0.496 e. The van der Waals surface area contributed by atoms with Crippen LogP contribution in [0.3, 0.4) is 0 Å². The van der Waals surface area contributed by atoms with Gasteiger partial charge in [0.1, 0.15) is 17.4 Å². The second-order valence-electron chi connectivity index (χ2n) is 5.36. The van der Waals surface area contributed by atoms with E-state index in [0.29, 0.717) is 10.8 Å². The van der Waals surface area contributed by atoms with E-state index in [-0.39, 0.29) is 11.3 Å². The molecule has 0 aliphatic heterocycles. The monoisotopic (exact) mass is 359 g/mol. The first-order valence-corrected chi connectivity index (χ1v) is 7.83. The van der Waals surface area contributed by atoms with Crippen LogP contribution in [0.5, 0.6) is 5.75 Å². The van der Waals surface area contributed by atoms with Crippen molar-refractivity contribution < 1.29 is 13.9 Å². The fraction of sp³-hybridized carbons (Fsp3) is 0.111. The van der Waals surface area contributed by atoms with E-state index in [1.54, 1.807) is 35.0 Å². The molecule has 0 fully saturated rings. The highest BCUT2D eigenvalue weighted by Gasteiger charge is 2.17. The zero-order valence-corrected chi connectivity index (χ0v) is 14.3. The molecule has 5 nitrogen and oxygen atoms in total. The number of aryl methyl sites for hydroxylation is 1. The second-order valence-corrected chi connectivity index (χ2v) is 5.79. The first-order valence-electron chi connectivity index (χ1n) is 7.45. The third kappa shape index (κ3) is 3.64. The Morgan fingerprint density at radius 1 is 1.20 bits per heavy atom. The Hall–Kier alpha value is -2.86. The smallest absolute Gasteiger partial charge is 0.260 e. The van der Waals surface area contributed by atoms with Gasteiger partial charge in [0.15, 0.2) is 0 Å². The molecule has 0 radical (unpaired) electrons. The number of amides is 1. The number of nitrogens with one attached hydrogen (secondary N) is 1. The molecule has 3 rings (SSSR count). The molecule has 1 aromatic heterocycles. The Morgan fingerprint density at radius 2 is 1.92 bits per heavy atom. The number of nitrogens with zero attached hydrogens (tertiary/aromatic N) is 2. The topological polar surface area (TPSA) is 56.1 Å². The standard InChI is InChI=1S/C18H15ClFN3O2/c1-11-9-17(23(22-11)14-6-3-12(19)4-7-14)21-18(24)15-10-13(20)5-8-16(15)25-2/h3-10H,1-2H3,(H,21,24). The second kappa shape index (κ2) is 6.94. The summed E-state index contributed by atoms with van der Waals surface area (Å²) in [5.74, 6) is -0.274. The van der Waals surface area contributed by atoms with Crippen molar-refractivity contribution in [2.45, 2.75) is 6.92 Å². The molecule has 1 N–H and O–H groups in total. The number of carbonyl (C=O) groups is 1. The van der Waals surface area contributed by atoms with Crippen LogP contribution < -0.4 is 10.1 Å². The molecule has 25 heavy (non-hydrogen) atoms. The number of aromatic nitrogens is 2. The van der Waals surface area contributed by atoms with Crippen molar-refractivity contribution in [1.82, 2.24) is 9.78 Å². The van der Waals surface area contributed by atoms with E-state index < -0.39 is 11.7 Å². The van der Waals surface area contributed by atoms with E-state index in [2.05, 4.69) is 10.4 Å². The number of hydrogen-bond donors (Lipinski definition) is 1. The van der Waals surface area contributed by atoms with Gasteiger partial charge in [-0.1, -0.05) is 11.6 Å². The average molecular weight is 360 g/mol. The highest BCUT2D eigenvalue weighted by molar-refractivity contribution is 6.30. The lowest BCUT2D eigenvalue weighted by atomic mass is 10.2. The van der Waals surface area contributed by atoms with E-state index in [1.165, 1.54) is 19.2 Å². The van der Waals surface area contributed by atoms with Gasteiger partial charge < -0.3 is 10.1 Å². The maximum absolute atomic E-state index is 13.5. The molecule has 0 atom stereocenters. The van der Waals surface area contributed by atoms with Gasteiger partial charge in [-0.3, -0.25) is 4.79 Å². The normalized spacial score (nSPS) is 10.6. The minimum atomic E-state index is -0.520. The van der Waals surface area contributed by atoms with E-state index in [0.717, 1.165) is 17.4 Å². The summed E-state index contributed by atoms with van der Waals surface area (Å²) in [6.45, 7) is 1.81. The van der Waals surface area contributed by atoms with Gasteiger partial charge in [-0.15, -0.1) is 0 Å². The Kier molecular flexibility index (Phi) is 4.72. The Labute approximate surface area is 149 Å². The third-order valence-corrected chi connectivity index (χ3v) is 3.80. The summed E-state index contributed by atoms with van der Waals surface area (Å²) >= 11 is 5.91. The van der Waals surface area contributed by atoms with Crippen LogP contribution in [-0.4, -0.2) is 22.8 Å². The molecule has 0 saturated carbocycles. The molecule has 7 heteroatoms. The SMILES string of the molecule is COc1ccc(F)cc1C(=O)Nc1cc(C)nn1-c1ccc(Cl)cc1. The lowest BCUT2D eigenvalue weighted by Gasteiger charge is -2.11. The van der Waals surface area contributed by atoms with Gasteiger partial charge in [0.2, 0.25) is 0 Å². The summed E-state index contributed by atoms with van der Waals surface area (Å²) < 4.78 is 20.2. The van der Waals surface area contributed by atoms with Crippen LogP contribution in [-0.2, 0) is 0 Å². The van der Waals surface area contributed by atoms with Gasteiger partial charge in [0, 0.05) is 11.1 Å². The number of ether oxygens (including phenoxy) is 1. The first-order chi connectivity index (χ1) is 12.0. The number of rotatable bonds is 4. The van der Waals surface area contributed by atoms with Crippen LogP contribution >= 0.6 is 11.6 Å². The van der Waals surface area contributed by atoms with Crippen molar-refractivity contribution >= 4 is 23.3 Å². The Morgan fingerprint density at radius 3 is 2.60 bits per heavy atom. The van der Waals surface area contributed by atoms with E-state index in [9.17, 15) is 9.18 Å². The van der Waals surface area contributed by atoms with Crippen molar-refractivity contribution in [2.24, 2.45) is 0 Å². The summed E-state index contributed by atoms with van der Waals surface area (Å²) in [6, 6.07) is 12.5. The van der Waals surface area contributed by atoms with Gasteiger partial charge in [0.05, 0.1) is 24.1 Å². The molecule has 2 aromatic carbocycles. The number of hydrogen-bond acceptors (Lipinski definition) is 3. The minimum Gasteiger partial charge on any atom is -0.496 e. The highest BCUT2D eigenvalue weighted by atomic mass is 35.5. The van der Waals surface area contributed by atoms with E-state index in [1.807, 2.05) is 6.92 Å². The molecular formula is C18H15ClFN3O2. The van der Waals surface area contributed by atoms with E-state index >= 15 is 0 Å². The van der Waals surface area contributed by atoms with Crippen LogP contribution in [0.2, 0.25) is 5.02 Å². The maximum Gasteiger partial charge on any atom is 0.260 e. The molecule has 0 aliphatic carbocycles. The lowest BCUT2D eigenvalue weighted by Crippen LogP contribution is -2.16. The molecule has 128 valence electrons. The summed E-state index contributed by atoms with van der Waals surface area (Å²) in [6.07, 6.45) is 0. The van der Waals surface area contributed by atoms with Crippen molar-refractivity contribution in [3.63, 3.8) is 0 Å². The third-order valence-electron chi connectivity index (χ3n) is 3.55. The molecule has 1 heterocycles. The zero-order chi connectivity index (χ0) is 18.0. The number of halogens is 2. The molecule has 0 bridgehead atoms. The summed E-state index contributed by atoms with van der Waals surface area (Å²) in [4.78, 5) is 12.6. The fourth-order valence-corrected chi connectivity index (χ4v) is 2.53. The molecular weight excluding hydrogens is 345 g/mol. The van der Waals surface area contributed by atoms with Crippen LogP contribution in [0.25, 0.3) is 5.69 Å². The van der Waals surface area contributed by atoms with Gasteiger partial charge in [-0.2, -0.15) is 5.10 Å². The highest BCUT2D eigenvalue weighted by Crippen LogP contribution is 2.23. The fourth-order valence-electron chi connectivity index (χ4n) is 2.41. The zero-order valence-electron chi connectivity index (χ0n) is 13.6. The molecule has 0 unspecified atom stereocenters. The van der Waals surface area contributed by atoms with Crippen molar-refractivity contribution in [2.75, 3.05) is 12.4 Å². The van der Waals surface area contributed by atoms with E-state index in [4.69, 9.17) is 16.3 Å². The Balaban J connectivity index is 1.95. The first kappa shape index (κ1) is 17.0. The van der Waals surface area contributed by atoms with Gasteiger partial charge in [-0.05, 0) is 49.4 Å². The summed E-state index contributed by atoms with van der Waals surface area (Å²) in [5.41, 5.74) is 1.56. The predicted molar refractivity (Wildman–Crippen MR) is 94.2 cm³/mol. The molecule has 1 amide bonds. The molecule has 3 aromatic rings. The Bertz CT molecular complexity index is 923. The average Bonchev–Trinajstić information content (AvgIpc) is 2.95. The lowest BCUT2D eigenvalue weighted by molar-refractivity contribution is 0.102. The van der Waals surface area contributed by atoms with Crippen molar-refractivity contribution in [1.29, 1.82) is 0 Å². The van der Waals surface area contributed by atoms with Crippen LogP contribution in [0.15, 0.2) is 48.5 Å². The summed E-state index contributed by atoms with van der Waals surface area (Å²) in [5, 5.41) is 7.72. The number of carbonyl (C=O) groups excluding carboxylic acids is 1.